The first-order chi connectivity index (χ1) is 19.0. The van der Waals surface area contributed by atoms with Crippen LogP contribution in [0.15, 0.2) is 66.7 Å². The van der Waals surface area contributed by atoms with E-state index in [4.69, 9.17) is 27.9 Å². The smallest absolute Gasteiger partial charge is 0.244 e. The molecule has 0 radical (unpaired) electrons. The van der Waals surface area contributed by atoms with Crippen molar-refractivity contribution in [2.45, 2.75) is 32.9 Å². The molecule has 3 rings (SSSR count). The number of aryl methyl sites for hydroxylation is 1. The lowest BCUT2D eigenvalue weighted by molar-refractivity contribution is -0.140. The van der Waals surface area contributed by atoms with Gasteiger partial charge in [-0.3, -0.25) is 13.9 Å². The number of nitrogens with zero attached hydrogens (tertiary/aromatic N) is 2. The Kier molecular flexibility index (Phi) is 10.8. The average Bonchev–Trinajstić information content (AvgIpc) is 2.90. The molecular weight excluding hydrogens is 573 g/mol. The van der Waals surface area contributed by atoms with Crippen LogP contribution in [0, 0.1) is 6.92 Å². The first-order valence-corrected chi connectivity index (χ1v) is 15.2. The SMILES string of the molecule is CCNC(=O)[C@H](Cc1ccccc1)N(Cc1c(Cl)cccc1Cl)C(=O)CN(c1cc(C)ccc1OC)S(C)(=O)=O. The monoisotopic (exact) mass is 605 g/mol. The van der Waals surface area contributed by atoms with Gasteiger partial charge < -0.3 is 15.0 Å². The van der Waals surface area contributed by atoms with Crippen LogP contribution in [0.2, 0.25) is 10.0 Å². The molecule has 0 bridgehead atoms. The number of likely N-dealkylation sites (N-methyl/N-ethyl adjacent to an activating group) is 1. The maximum atomic E-state index is 14.1. The minimum absolute atomic E-state index is 0.117. The number of halogens is 2. The van der Waals surface area contributed by atoms with Crippen molar-refractivity contribution < 1.29 is 22.7 Å². The first kappa shape index (κ1) is 31.3. The largest absolute Gasteiger partial charge is 0.495 e. The van der Waals surface area contributed by atoms with E-state index in [1.165, 1.54) is 12.0 Å². The number of hydrogen-bond donors (Lipinski definition) is 1. The Balaban J connectivity index is 2.13. The summed E-state index contributed by atoms with van der Waals surface area (Å²) >= 11 is 12.9. The van der Waals surface area contributed by atoms with Gasteiger partial charge in [-0.05, 0) is 49.2 Å². The maximum absolute atomic E-state index is 14.1. The summed E-state index contributed by atoms with van der Waals surface area (Å²) < 4.78 is 32.4. The first-order valence-electron chi connectivity index (χ1n) is 12.6. The van der Waals surface area contributed by atoms with Crippen LogP contribution in [0.4, 0.5) is 5.69 Å². The third kappa shape index (κ3) is 7.90. The Morgan fingerprint density at radius 1 is 1.00 bits per heavy atom. The summed E-state index contributed by atoms with van der Waals surface area (Å²) in [6, 6.07) is 18.3. The van der Waals surface area contributed by atoms with Gasteiger partial charge in [0, 0.05) is 35.1 Å². The molecule has 0 spiro atoms. The van der Waals surface area contributed by atoms with E-state index in [1.807, 2.05) is 37.3 Å². The van der Waals surface area contributed by atoms with Gasteiger partial charge in [-0.2, -0.15) is 0 Å². The molecule has 40 heavy (non-hydrogen) atoms. The summed E-state index contributed by atoms with van der Waals surface area (Å²) in [4.78, 5) is 28.9. The Bertz CT molecular complexity index is 1430. The van der Waals surface area contributed by atoms with E-state index in [0.717, 1.165) is 21.7 Å². The van der Waals surface area contributed by atoms with Crippen LogP contribution in [-0.4, -0.2) is 57.6 Å². The summed E-state index contributed by atoms with van der Waals surface area (Å²) in [6.07, 6.45) is 1.20. The fourth-order valence-electron chi connectivity index (χ4n) is 4.29. The highest BCUT2D eigenvalue weighted by Crippen LogP contribution is 2.32. The molecule has 1 N–H and O–H groups in total. The number of methoxy groups -OCH3 is 1. The summed E-state index contributed by atoms with van der Waals surface area (Å²) in [6.45, 7) is 3.24. The molecule has 0 aliphatic carbocycles. The minimum Gasteiger partial charge on any atom is -0.495 e. The summed E-state index contributed by atoms with van der Waals surface area (Å²) in [5.74, 6) is -0.715. The highest BCUT2D eigenvalue weighted by molar-refractivity contribution is 7.92. The number of carbonyl (C=O) groups is 2. The topological polar surface area (TPSA) is 96.0 Å². The van der Waals surface area contributed by atoms with Crippen molar-refractivity contribution in [3.8, 4) is 5.75 Å². The molecular formula is C29H33Cl2N3O5S. The van der Waals surface area contributed by atoms with Gasteiger partial charge in [-0.15, -0.1) is 0 Å². The fraction of sp³-hybridized carbons (Fsp3) is 0.310. The molecule has 0 aliphatic rings. The zero-order chi connectivity index (χ0) is 29.4. The molecule has 0 aliphatic heterocycles. The van der Waals surface area contributed by atoms with Crippen molar-refractivity contribution in [1.29, 1.82) is 0 Å². The predicted octanol–water partition coefficient (Wildman–Crippen LogP) is 4.85. The number of sulfonamides is 1. The lowest BCUT2D eigenvalue weighted by Gasteiger charge is -2.34. The van der Waals surface area contributed by atoms with Gasteiger partial charge in [0.25, 0.3) is 0 Å². The highest BCUT2D eigenvalue weighted by atomic mass is 35.5. The van der Waals surface area contributed by atoms with Crippen molar-refractivity contribution in [1.82, 2.24) is 10.2 Å². The quantitative estimate of drug-likeness (QED) is 0.318. The molecule has 0 unspecified atom stereocenters. The molecule has 2 amide bonds. The summed E-state index contributed by atoms with van der Waals surface area (Å²) in [5.41, 5.74) is 2.26. The van der Waals surface area contributed by atoms with E-state index in [0.29, 0.717) is 22.2 Å². The Hall–Kier alpha value is -3.27. The zero-order valence-electron chi connectivity index (χ0n) is 22.9. The number of amides is 2. The number of hydrogen-bond acceptors (Lipinski definition) is 5. The Morgan fingerprint density at radius 2 is 1.65 bits per heavy atom. The zero-order valence-corrected chi connectivity index (χ0v) is 25.2. The molecule has 0 heterocycles. The lowest BCUT2D eigenvalue weighted by atomic mass is 10.0. The second-order valence-electron chi connectivity index (χ2n) is 9.27. The Morgan fingerprint density at radius 3 is 2.23 bits per heavy atom. The Labute approximate surface area is 245 Å². The molecule has 0 saturated carbocycles. The molecule has 0 fully saturated rings. The molecule has 8 nitrogen and oxygen atoms in total. The van der Waals surface area contributed by atoms with Gasteiger partial charge in [-0.1, -0.05) is 65.7 Å². The van der Waals surface area contributed by atoms with Crippen LogP contribution in [-0.2, 0) is 32.6 Å². The predicted molar refractivity (Wildman–Crippen MR) is 160 cm³/mol. The summed E-state index contributed by atoms with van der Waals surface area (Å²) in [5, 5.41) is 3.45. The maximum Gasteiger partial charge on any atom is 0.244 e. The van der Waals surface area contributed by atoms with Gasteiger partial charge in [0.05, 0.1) is 19.1 Å². The van der Waals surface area contributed by atoms with Crippen LogP contribution in [0.5, 0.6) is 5.75 Å². The van der Waals surface area contributed by atoms with Gasteiger partial charge in [-0.25, -0.2) is 8.42 Å². The third-order valence-electron chi connectivity index (χ3n) is 6.29. The number of anilines is 1. The molecule has 11 heteroatoms. The van der Waals surface area contributed by atoms with E-state index in [1.54, 1.807) is 43.3 Å². The van der Waals surface area contributed by atoms with Crippen molar-refractivity contribution in [2.75, 3.05) is 30.8 Å². The third-order valence-corrected chi connectivity index (χ3v) is 8.13. The summed E-state index contributed by atoms with van der Waals surface area (Å²) in [7, 11) is -2.52. The van der Waals surface area contributed by atoms with Gasteiger partial charge >= 0.3 is 0 Å². The fourth-order valence-corrected chi connectivity index (χ4v) is 5.65. The van der Waals surface area contributed by atoms with Crippen LogP contribution in [0.25, 0.3) is 0 Å². The van der Waals surface area contributed by atoms with Gasteiger partial charge in [0.15, 0.2) is 0 Å². The molecule has 1 atom stereocenters. The van der Waals surface area contributed by atoms with Gasteiger partial charge in [0.1, 0.15) is 18.3 Å². The van der Waals surface area contributed by atoms with Gasteiger partial charge in [0.2, 0.25) is 21.8 Å². The normalized spacial score (nSPS) is 11.9. The molecule has 0 aromatic heterocycles. The highest BCUT2D eigenvalue weighted by Gasteiger charge is 2.34. The van der Waals surface area contributed by atoms with Crippen LogP contribution in [0.1, 0.15) is 23.6 Å². The molecule has 3 aromatic carbocycles. The van der Waals surface area contributed by atoms with Crippen LogP contribution >= 0.6 is 23.2 Å². The average molecular weight is 607 g/mol. The second-order valence-corrected chi connectivity index (χ2v) is 12.0. The van der Waals surface area contributed by atoms with E-state index >= 15 is 0 Å². The van der Waals surface area contributed by atoms with Crippen molar-refractivity contribution >= 4 is 50.7 Å². The van der Waals surface area contributed by atoms with E-state index in [9.17, 15) is 18.0 Å². The number of rotatable bonds is 12. The van der Waals surface area contributed by atoms with E-state index in [2.05, 4.69) is 5.32 Å². The molecule has 3 aromatic rings. The number of nitrogens with one attached hydrogen (secondary N) is 1. The number of ether oxygens (including phenoxy) is 1. The second kappa shape index (κ2) is 13.9. The van der Waals surface area contributed by atoms with Crippen molar-refractivity contribution in [2.24, 2.45) is 0 Å². The number of benzene rings is 3. The lowest BCUT2D eigenvalue weighted by Crippen LogP contribution is -2.53. The molecule has 214 valence electrons. The van der Waals surface area contributed by atoms with Crippen LogP contribution < -0.4 is 14.4 Å². The molecule has 0 saturated heterocycles. The van der Waals surface area contributed by atoms with E-state index in [-0.39, 0.29) is 30.3 Å². The van der Waals surface area contributed by atoms with Crippen molar-refractivity contribution in [3.05, 3.63) is 93.5 Å². The minimum atomic E-state index is -3.95. The van der Waals surface area contributed by atoms with Crippen LogP contribution in [0.3, 0.4) is 0 Å². The van der Waals surface area contributed by atoms with Crippen molar-refractivity contribution in [3.63, 3.8) is 0 Å². The standard InChI is InChI=1S/C29H33Cl2N3O5S/c1-5-32-29(36)26(17-21-10-7-6-8-11-21)33(18-22-23(30)12-9-13-24(22)31)28(35)19-34(40(4,37)38)25-16-20(2)14-15-27(25)39-3/h6-16,26H,5,17-19H2,1-4H3,(H,32,36)/t26-/m0/s1. The number of carbonyl (C=O) groups excluding carboxylic acids is 2. The van der Waals surface area contributed by atoms with E-state index < -0.39 is 28.5 Å².